The summed E-state index contributed by atoms with van der Waals surface area (Å²) in [5.41, 5.74) is -0.283. The van der Waals surface area contributed by atoms with Crippen molar-refractivity contribution in [3.63, 3.8) is 0 Å². The number of H-pyrrole nitrogens is 1. The van der Waals surface area contributed by atoms with Crippen LogP contribution in [0.3, 0.4) is 0 Å². The summed E-state index contributed by atoms with van der Waals surface area (Å²) in [5.74, 6) is -2.03. The molecule has 13 heteroatoms. The number of nitrogens with one attached hydrogen (secondary N) is 2. The normalized spacial score (nSPS) is 16.6. The molecular weight excluding hydrogens is 621 g/mol. The number of nitrogens with zero attached hydrogens (tertiary/aromatic N) is 3. The van der Waals surface area contributed by atoms with Crippen molar-refractivity contribution in [3.8, 4) is 11.5 Å². The van der Waals surface area contributed by atoms with E-state index in [1.54, 1.807) is 45.0 Å². The van der Waals surface area contributed by atoms with Crippen LogP contribution >= 0.6 is 0 Å². The van der Waals surface area contributed by atoms with E-state index in [1.165, 1.54) is 47.4 Å². The van der Waals surface area contributed by atoms with Crippen LogP contribution in [0.15, 0.2) is 59.4 Å². The quantitative estimate of drug-likeness (QED) is 0.273. The van der Waals surface area contributed by atoms with Crippen LogP contribution in [0, 0.1) is 18.2 Å². The zero-order chi connectivity index (χ0) is 35.2. The van der Waals surface area contributed by atoms with E-state index >= 15 is 0 Å². The van der Waals surface area contributed by atoms with Gasteiger partial charge >= 0.3 is 11.5 Å². The first kappa shape index (κ1) is 35.8. The Balaban J connectivity index is 1.58. The molecule has 2 N–H and O–H groups in total. The molecule has 0 radical (unpaired) electrons. The van der Waals surface area contributed by atoms with Crippen molar-refractivity contribution in [2.24, 2.45) is 5.41 Å². The van der Waals surface area contributed by atoms with Gasteiger partial charge in [0, 0.05) is 31.8 Å². The van der Waals surface area contributed by atoms with Crippen molar-refractivity contribution >= 4 is 23.7 Å². The van der Waals surface area contributed by atoms with Crippen molar-refractivity contribution in [3.05, 3.63) is 87.6 Å². The van der Waals surface area contributed by atoms with Gasteiger partial charge in [-0.1, -0.05) is 26.0 Å². The van der Waals surface area contributed by atoms with Crippen molar-refractivity contribution in [2.45, 2.75) is 71.5 Å². The van der Waals surface area contributed by atoms with Crippen LogP contribution in [-0.4, -0.2) is 76.5 Å². The second kappa shape index (κ2) is 15.2. The molecule has 3 aromatic rings. The number of rotatable bonds is 12. The van der Waals surface area contributed by atoms with Crippen LogP contribution in [0.4, 0.5) is 4.39 Å². The number of carbonyl (C=O) groups is 4. The van der Waals surface area contributed by atoms with E-state index in [0.717, 1.165) is 0 Å². The third kappa shape index (κ3) is 7.72. The molecule has 4 rings (SSSR count). The number of ether oxygens (including phenoxy) is 2. The maximum atomic E-state index is 14.4. The maximum Gasteiger partial charge on any atom is 0.314 e. The summed E-state index contributed by atoms with van der Waals surface area (Å²) >= 11 is 0. The number of aromatic amines is 1. The van der Waals surface area contributed by atoms with Crippen LogP contribution in [0.5, 0.6) is 11.5 Å². The molecule has 3 amide bonds. The van der Waals surface area contributed by atoms with E-state index < -0.39 is 59.3 Å². The Kier molecular flexibility index (Phi) is 11.3. The fourth-order valence-electron chi connectivity index (χ4n) is 6.17. The van der Waals surface area contributed by atoms with Crippen LogP contribution in [0.25, 0.3) is 0 Å². The van der Waals surface area contributed by atoms with E-state index in [9.17, 15) is 28.4 Å². The fraction of sp³-hybridized carbons (Fsp3) is 0.429. The van der Waals surface area contributed by atoms with E-state index in [-0.39, 0.29) is 17.2 Å². The molecule has 0 unspecified atom stereocenters. The molecule has 48 heavy (non-hydrogen) atoms. The van der Waals surface area contributed by atoms with Crippen molar-refractivity contribution in [1.29, 1.82) is 0 Å². The topological polar surface area (TPSA) is 151 Å². The molecule has 0 spiro atoms. The summed E-state index contributed by atoms with van der Waals surface area (Å²) in [6, 6.07) is 11.3. The predicted molar refractivity (Wildman–Crippen MR) is 175 cm³/mol. The lowest BCUT2D eigenvalue weighted by Gasteiger charge is -2.42. The first-order chi connectivity index (χ1) is 22.8. The second-order valence-electron chi connectivity index (χ2n) is 12.2. The lowest BCUT2D eigenvalue weighted by molar-refractivity contribution is -0.167. The molecule has 256 valence electrons. The highest BCUT2D eigenvalue weighted by atomic mass is 19.1. The van der Waals surface area contributed by atoms with Gasteiger partial charge in [-0.25, -0.2) is 9.49 Å². The Morgan fingerprint density at radius 1 is 1.08 bits per heavy atom. The molecule has 2 aromatic carbocycles. The highest BCUT2D eigenvalue weighted by molar-refractivity contribution is 5.98. The van der Waals surface area contributed by atoms with Gasteiger partial charge in [-0.05, 0) is 81.5 Å². The minimum absolute atomic E-state index is 0.0513. The predicted octanol–water partition coefficient (Wildman–Crippen LogP) is 4.30. The Hall–Kier alpha value is -5.07. The van der Waals surface area contributed by atoms with E-state index in [4.69, 9.17) is 9.47 Å². The van der Waals surface area contributed by atoms with Gasteiger partial charge in [0.2, 0.25) is 5.91 Å². The molecule has 1 saturated heterocycles. The standard InChI is InChI=1S/C35H42FN5O7/c1-7-35(8-2,34(46)47-20-30(42)40(5)6)29-17-16-27(24-10-9-11-25(36)19-24)41(29)33(45)22(4)37-31(43)23-12-14-26(15-13-23)48-28-18-21(3)38-39-32(28)44/h9-15,18-19,22,27,29H,7-8,16-17,20H2,1-6H3,(H,37,43)(H,39,44)/t22-,27+,29-/m1/s1. The average molecular weight is 664 g/mol. The third-order valence-electron chi connectivity index (χ3n) is 8.96. The van der Waals surface area contributed by atoms with Crippen LogP contribution in [-0.2, 0) is 19.1 Å². The van der Waals surface area contributed by atoms with Crippen molar-refractivity contribution < 1.29 is 33.0 Å². The van der Waals surface area contributed by atoms with Crippen LogP contribution in [0.1, 0.15) is 74.1 Å². The monoisotopic (exact) mass is 663 g/mol. The van der Waals surface area contributed by atoms with E-state index in [2.05, 4.69) is 15.5 Å². The molecule has 0 bridgehead atoms. The Labute approximate surface area is 278 Å². The Morgan fingerprint density at radius 3 is 2.40 bits per heavy atom. The zero-order valence-electron chi connectivity index (χ0n) is 28.0. The summed E-state index contributed by atoms with van der Waals surface area (Å²) in [4.78, 5) is 68.5. The lowest BCUT2D eigenvalue weighted by Crippen LogP contribution is -2.56. The van der Waals surface area contributed by atoms with Crippen LogP contribution in [0.2, 0.25) is 0 Å². The van der Waals surface area contributed by atoms with Crippen molar-refractivity contribution in [1.82, 2.24) is 25.3 Å². The number of amides is 3. The zero-order valence-corrected chi connectivity index (χ0v) is 28.0. The summed E-state index contributed by atoms with van der Waals surface area (Å²) in [7, 11) is 3.13. The number of halogens is 1. The molecule has 1 aliphatic rings. The van der Waals surface area contributed by atoms with Gasteiger partial charge in [0.1, 0.15) is 17.6 Å². The number of likely N-dealkylation sites (tertiary alicyclic amines) is 1. The molecule has 12 nitrogen and oxygen atoms in total. The highest BCUT2D eigenvalue weighted by Crippen LogP contribution is 2.47. The second-order valence-corrected chi connectivity index (χ2v) is 12.2. The molecule has 2 heterocycles. The van der Waals surface area contributed by atoms with Gasteiger partial charge in [0.15, 0.2) is 12.4 Å². The van der Waals surface area contributed by atoms with E-state index in [0.29, 0.717) is 42.7 Å². The maximum absolute atomic E-state index is 14.4. The number of esters is 1. The number of benzene rings is 2. The van der Waals surface area contributed by atoms with Gasteiger partial charge in [-0.2, -0.15) is 5.10 Å². The van der Waals surface area contributed by atoms with Gasteiger partial charge in [0.05, 0.1) is 17.2 Å². The fourth-order valence-corrected chi connectivity index (χ4v) is 6.17. The summed E-state index contributed by atoms with van der Waals surface area (Å²) in [6.07, 6.45) is 1.52. The first-order valence-electron chi connectivity index (χ1n) is 15.9. The lowest BCUT2D eigenvalue weighted by atomic mass is 9.74. The molecular formula is C35H42FN5O7. The molecule has 0 saturated carbocycles. The summed E-state index contributed by atoms with van der Waals surface area (Å²) in [6.45, 7) is 6.49. The minimum Gasteiger partial charge on any atom is -0.455 e. The SMILES string of the molecule is CCC(CC)(C(=O)OCC(=O)N(C)C)[C@H]1CC[C@@H](c2cccc(F)c2)N1C(=O)[C@@H](C)NC(=O)c1ccc(Oc2cc(C)n[nH]c2=O)cc1. The van der Waals surface area contributed by atoms with Gasteiger partial charge in [-0.15, -0.1) is 0 Å². The summed E-state index contributed by atoms with van der Waals surface area (Å²) in [5, 5.41) is 8.91. The minimum atomic E-state index is -1.15. The number of carbonyl (C=O) groups excluding carboxylic acids is 4. The van der Waals surface area contributed by atoms with Gasteiger partial charge < -0.3 is 24.6 Å². The number of aryl methyl sites for hydroxylation is 1. The number of hydrogen-bond donors (Lipinski definition) is 2. The van der Waals surface area contributed by atoms with Gasteiger partial charge in [0.25, 0.3) is 11.8 Å². The van der Waals surface area contributed by atoms with Gasteiger partial charge in [-0.3, -0.25) is 24.0 Å². The largest absolute Gasteiger partial charge is 0.455 e. The first-order valence-corrected chi connectivity index (χ1v) is 15.9. The molecule has 3 atom stereocenters. The number of aromatic nitrogens is 2. The van der Waals surface area contributed by atoms with Crippen molar-refractivity contribution in [2.75, 3.05) is 20.7 Å². The van der Waals surface area contributed by atoms with E-state index in [1.807, 2.05) is 13.8 Å². The number of likely N-dealkylation sites (N-methyl/N-ethyl adjacent to an activating group) is 1. The highest BCUT2D eigenvalue weighted by Gasteiger charge is 2.53. The Bertz CT molecular complexity index is 1700. The summed E-state index contributed by atoms with van der Waals surface area (Å²) < 4.78 is 25.6. The Morgan fingerprint density at radius 2 is 1.77 bits per heavy atom. The average Bonchev–Trinajstić information content (AvgIpc) is 3.51. The molecule has 1 aliphatic heterocycles. The molecule has 1 fully saturated rings. The molecule has 0 aliphatic carbocycles. The number of hydrogen-bond acceptors (Lipinski definition) is 8. The smallest absolute Gasteiger partial charge is 0.314 e. The third-order valence-corrected chi connectivity index (χ3v) is 8.96. The molecule has 1 aromatic heterocycles. The van der Waals surface area contributed by atoms with Crippen LogP contribution < -0.4 is 15.6 Å².